The monoisotopic (exact) mass is 232 g/mol. The highest BCUT2D eigenvalue weighted by Gasteiger charge is 2.16. The van der Waals surface area contributed by atoms with E-state index in [0.717, 1.165) is 16.7 Å². The lowest BCUT2D eigenvalue weighted by Crippen LogP contribution is -2.11. The van der Waals surface area contributed by atoms with Crippen LogP contribution in [0.5, 0.6) is 0 Å². The van der Waals surface area contributed by atoms with Crippen molar-refractivity contribution in [1.29, 1.82) is 0 Å². The molecule has 0 unspecified atom stereocenters. The van der Waals surface area contributed by atoms with Crippen LogP contribution >= 0.6 is 0 Å². The molecule has 3 heteroatoms. The van der Waals surface area contributed by atoms with Crippen LogP contribution in [0.25, 0.3) is 11.1 Å². The topological polar surface area (TPSA) is 17.8 Å². The molecule has 0 saturated heterocycles. The smallest absolute Gasteiger partial charge is 0.124 e. The first kappa shape index (κ1) is 11.8. The minimum atomic E-state index is -0.198. The summed E-state index contributed by atoms with van der Waals surface area (Å²) >= 11 is 0. The minimum absolute atomic E-state index is 0.0565. The maximum atomic E-state index is 13.6. The van der Waals surface area contributed by atoms with Crippen molar-refractivity contribution in [1.82, 2.24) is 9.78 Å². The SMILES string of the molecule is Cn1cc(-c2cc(F)cc(C(C)(C)C)c2)cn1. The molecule has 1 heterocycles. The fourth-order valence-electron chi connectivity index (χ4n) is 1.76. The number of rotatable bonds is 1. The van der Waals surface area contributed by atoms with Crippen LogP contribution in [-0.2, 0) is 12.5 Å². The van der Waals surface area contributed by atoms with Gasteiger partial charge >= 0.3 is 0 Å². The molecule has 0 bridgehead atoms. The Labute approximate surface area is 101 Å². The molecule has 0 spiro atoms. The predicted molar refractivity (Wildman–Crippen MR) is 67.3 cm³/mol. The zero-order valence-corrected chi connectivity index (χ0v) is 10.7. The number of benzene rings is 1. The van der Waals surface area contributed by atoms with E-state index >= 15 is 0 Å². The molecule has 0 atom stereocenters. The van der Waals surface area contributed by atoms with Gasteiger partial charge in [0.05, 0.1) is 6.20 Å². The first-order valence-electron chi connectivity index (χ1n) is 5.66. The van der Waals surface area contributed by atoms with E-state index in [1.165, 1.54) is 0 Å². The molecule has 0 fully saturated rings. The van der Waals surface area contributed by atoms with Gasteiger partial charge < -0.3 is 0 Å². The lowest BCUT2D eigenvalue weighted by Gasteiger charge is -2.19. The van der Waals surface area contributed by atoms with Gasteiger partial charge in [-0.2, -0.15) is 5.10 Å². The predicted octanol–water partition coefficient (Wildman–Crippen LogP) is 3.52. The van der Waals surface area contributed by atoms with Gasteiger partial charge in [0.2, 0.25) is 0 Å². The number of hydrogen-bond donors (Lipinski definition) is 0. The number of aryl methyl sites for hydroxylation is 1. The van der Waals surface area contributed by atoms with E-state index in [1.807, 2.05) is 19.3 Å². The van der Waals surface area contributed by atoms with E-state index < -0.39 is 0 Å². The van der Waals surface area contributed by atoms with Gasteiger partial charge in [0, 0.05) is 18.8 Å². The molecule has 17 heavy (non-hydrogen) atoms. The molecular formula is C14H17FN2. The van der Waals surface area contributed by atoms with Gasteiger partial charge in [-0.3, -0.25) is 4.68 Å². The summed E-state index contributed by atoms with van der Waals surface area (Å²) < 4.78 is 15.3. The fraction of sp³-hybridized carbons (Fsp3) is 0.357. The third kappa shape index (κ3) is 2.54. The second-order valence-electron chi connectivity index (χ2n) is 5.38. The Morgan fingerprint density at radius 1 is 1.12 bits per heavy atom. The molecule has 1 aromatic carbocycles. The molecule has 0 saturated carbocycles. The second-order valence-corrected chi connectivity index (χ2v) is 5.38. The van der Waals surface area contributed by atoms with Crippen molar-refractivity contribution in [2.24, 2.45) is 7.05 Å². The third-order valence-electron chi connectivity index (χ3n) is 2.80. The van der Waals surface area contributed by atoms with Crippen LogP contribution in [0, 0.1) is 5.82 Å². The van der Waals surface area contributed by atoms with E-state index in [4.69, 9.17) is 0 Å². The molecule has 2 aromatic rings. The Balaban J connectivity index is 2.52. The number of hydrogen-bond acceptors (Lipinski definition) is 1. The van der Waals surface area contributed by atoms with Crippen molar-refractivity contribution in [3.8, 4) is 11.1 Å². The number of aromatic nitrogens is 2. The van der Waals surface area contributed by atoms with Crippen molar-refractivity contribution in [2.75, 3.05) is 0 Å². The highest BCUT2D eigenvalue weighted by atomic mass is 19.1. The van der Waals surface area contributed by atoms with Gasteiger partial charge in [0.15, 0.2) is 0 Å². The third-order valence-corrected chi connectivity index (χ3v) is 2.80. The van der Waals surface area contributed by atoms with Crippen LogP contribution in [0.2, 0.25) is 0 Å². The Kier molecular flexibility index (Phi) is 2.77. The van der Waals surface area contributed by atoms with Crippen molar-refractivity contribution in [3.05, 3.63) is 42.0 Å². The summed E-state index contributed by atoms with van der Waals surface area (Å²) in [4.78, 5) is 0. The van der Waals surface area contributed by atoms with Crippen molar-refractivity contribution in [2.45, 2.75) is 26.2 Å². The van der Waals surface area contributed by atoms with E-state index in [1.54, 1.807) is 23.0 Å². The lowest BCUT2D eigenvalue weighted by molar-refractivity contribution is 0.573. The molecule has 0 aliphatic rings. The zero-order chi connectivity index (χ0) is 12.6. The summed E-state index contributed by atoms with van der Waals surface area (Å²) in [6.45, 7) is 6.23. The lowest BCUT2D eigenvalue weighted by atomic mass is 9.85. The molecule has 0 amide bonds. The van der Waals surface area contributed by atoms with E-state index in [2.05, 4.69) is 25.9 Å². The van der Waals surface area contributed by atoms with Crippen molar-refractivity contribution >= 4 is 0 Å². The molecule has 0 aliphatic carbocycles. The summed E-state index contributed by atoms with van der Waals surface area (Å²) in [6.07, 6.45) is 3.64. The summed E-state index contributed by atoms with van der Waals surface area (Å²) in [5, 5.41) is 4.11. The van der Waals surface area contributed by atoms with E-state index in [9.17, 15) is 4.39 Å². The van der Waals surface area contributed by atoms with Crippen LogP contribution < -0.4 is 0 Å². The Morgan fingerprint density at radius 3 is 2.35 bits per heavy atom. The van der Waals surface area contributed by atoms with E-state index in [0.29, 0.717) is 0 Å². The molecule has 0 aliphatic heterocycles. The molecule has 2 rings (SSSR count). The highest BCUT2D eigenvalue weighted by molar-refractivity contribution is 5.63. The second kappa shape index (κ2) is 3.99. The van der Waals surface area contributed by atoms with Crippen LogP contribution in [0.1, 0.15) is 26.3 Å². The minimum Gasteiger partial charge on any atom is -0.275 e. The van der Waals surface area contributed by atoms with E-state index in [-0.39, 0.29) is 11.2 Å². The largest absolute Gasteiger partial charge is 0.275 e. The fourth-order valence-corrected chi connectivity index (χ4v) is 1.76. The molecular weight excluding hydrogens is 215 g/mol. The summed E-state index contributed by atoms with van der Waals surface area (Å²) in [5.41, 5.74) is 2.76. The van der Waals surface area contributed by atoms with Gasteiger partial charge in [-0.05, 0) is 28.7 Å². The zero-order valence-electron chi connectivity index (χ0n) is 10.7. The molecule has 0 N–H and O–H groups in total. The molecule has 2 nitrogen and oxygen atoms in total. The summed E-state index contributed by atoms with van der Waals surface area (Å²) in [6, 6.07) is 5.17. The van der Waals surface area contributed by atoms with Gasteiger partial charge in [-0.15, -0.1) is 0 Å². The van der Waals surface area contributed by atoms with Gasteiger partial charge in [0.25, 0.3) is 0 Å². The Bertz CT molecular complexity index is 535. The average Bonchev–Trinajstić information content (AvgIpc) is 2.62. The van der Waals surface area contributed by atoms with Crippen LogP contribution in [0.15, 0.2) is 30.6 Å². The maximum Gasteiger partial charge on any atom is 0.124 e. The summed E-state index contributed by atoms with van der Waals surface area (Å²) in [5.74, 6) is -0.198. The quantitative estimate of drug-likeness (QED) is 0.735. The molecule has 90 valence electrons. The van der Waals surface area contributed by atoms with Gasteiger partial charge in [0.1, 0.15) is 5.82 Å². The molecule has 0 radical (unpaired) electrons. The van der Waals surface area contributed by atoms with Crippen LogP contribution in [0.3, 0.4) is 0 Å². The first-order valence-corrected chi connectivity index (χ1v) is 5.66. The average molecular weight is 232 g/mol. The highest BCUT2D eigenvalue weighted by Crippen LogP contribution is 2.28. The van der Waals surface area contributed by atoms with Gasteiger partial charge in [-0.1, -0.05) is 26.8 Å². The van der Waals surface area contributed by atoms with Crippen molar-refractivity contribution in [3.63, 3.8) is 0 Å². The Morgan fingerprint density at radius 2 is 1.82 bits per heavy atom. The normalized spacial score (nSPS) is 11.8. The summed E-state index contributed by atoms with van der Waals surface area (Å²) in [7, 11) is 1.85. The van der Waals surface area contributed by atoms with Crippen LogP contribution in [0.4, 0.5) is 4.39 Å². The van der Waals surface area contributed by atoms with Gasteiger partial charge in [-0.25, -0.2) is 4.39 Å². The number of halogens is 1. The van der Waals surface area contributed by atoms with Crippen LogP contribution in [-0.4, -0.2) is 9.78 Å². The standard InChI is InChI=1S/C14H17FN2/c1-14(2,3)12-5-10(6-13(15)7-12)11-8-16-17(4)9-11/h5-9H,1-4H3. The number of nitrogens with zero attached hydrogens (tertiary/aromatic N) is 2. The molecule has 1 aromatic heterocycles. The van der Waals surface area contributed by atoms with Crippen molar-refractivity contribution < 1.29 is 4.39 Å². The maximum absolute atomic E-state index is 13.6. The first-order chi connectivity index (χ1) is 7.86. The Hall–Kier alpha value is -1.64.